The Hall–Kier alpha value is -3.97. The number of carbonyl (C=O) groups is 2. The second-order valence-electron chi connectivity index (χ2n) is 9.46. The normalized spacial score (nSPS) is 15.4. The number of ether oxygens (including phenoxy) is 1. The number of allylic oxidation sites excluding steroid dienone is 1. The molecule has 3 aromatic rings. The lowest BCUT2D eigenvalue weighted by atomic mass is 9.94. The average molecular weight is 514 g/mol. The lowest BCUT2D eigenvalue weighted by Crippen LogP contribution is -2.46. The molecular formula is C30H31N3O3S. The molecule has 1 aliphatic rings. The molecule has 0 aliphatic carbocycles. The molecule has 6 nitrogen and oxygen atoms in total. The van der Waals surface area contributed by atoms with Gasteiger partial charge in [0.25, 0.3) is 5.91 Å². The molecule has 0 saturated heterocycles. The fourth-order valence-electron chi connectivity index (χ4n) is 4.11. The van der Waals surface area contributed by atoms with E-state index < -0.39 is 6.04 Å². The molecule has 1 amide bonds. The van der Waals surface area contributed by atoms with Gasteiger partial charge in [-0.3, -0.25) is 4.79 Å². The molecule has 0 saturated carbocycles. The smallest absolute Gasteiger partial charge is 0.338 e. The van der Waals surface area contributed by atoms with Gasteiger partial charge in [0.2, 0.25) is 0 Å². The summed E-state index contributed by atoms with van der Waals surface area (Å²) in [5, 5.41) is 6.73. The largest absolute Gasteiger partial charge is 0.462 e. The van der Waals surface area contributed by atoms with E-state index in [1.165, 1.54) is 0 Å². The number of amides is 1. The van der Waals surface area contributed by atoms with E-state index in [2.05, 4.69) is 10.6 Å². The number of thiocarbonyl (C=S) groups is 1. The molecule has 0 aromatic heterocycles. The zero-order valence-corrected chi connectivity index (χ0v) is 22.3. The van der Waals surface area contributed by atoms with Crippen LogP contribution in [0.1, 0.15) is 42.7 Å². The second-order valence-corrected chi connectivity index (χ2v) is 9.84. The number of nitrogens with one attached hydrogen (secondary N) is 2. The van der Waals surface area contributed by atoms with Gasteiger partial charge in [0.1, 0.15) is 0 Å². The van der Waals surface area contributed by atoms with Crippen molar-refractivity contribution < 1.29 is 14.3 Å². The van der Waals surface area contributed by atoms with Gasteiger partial charge in [-0.1, -0.05) is 68.4 Å². The Kier molecular flexibility index (Phi) is 8.04. The minimum atomic E-state index is -0.495. The lowest BCUT2D eigenvalue weighted by molar-refractivity contribution is -0.140. The fraction of sp³-hybridized carbons (Fsp3) is 0.233. The van der Waals surface area contributed by atoms with Crippen LogP contribution in [0.5, 0.6) is 0 Å². The highest BCUT2D eigenvalue weighted by atomic mass is 32.1. The SMILES string of the molecule is CC1=C(C(=O)OCC(C)C)[C@H](c2cccc(NC(=O)c3ccc(-c4ccccc4)cc3)c2)NC(=S)N1C. The van der Waals surface area contributed by atoms with Gasteiger partial charge in [0.05, 0.1) is 18.2 Å². The summed E-state index contributed by atoms with van der Waals surface area (Å²) in [6.07, 6.45) is 0. The maximum atomic E-state index is 13.1. The quantitative estimate of drug-likeness (QED) is 0.301. The van der Waals surface area contributed by atoms with E-state index in [1.807, 2.05) is 107 Å². The molecule has 2 N–H and O–H groups in total. The first-order valence-electron chi connectivity index (χ1n) is 12.2. The van der Waals surface area contributed by atoms with Crippen molar-refractivity contribution in [3.63, 3.8) is 0 Å². The van der Waals surface area contributed by atoms with Crippen LogP contribution in [0.4, 0.5) is 5.69 Å². The zero-order chi connectivity index (χ0) is 26.5. The van der Waals surface area contributed by atoms with Crippen LogP contribution in [0.2, 0.25) is 0 Å². The van der Waals surface area contributed by atoms with E-state index in [1.54, 1.807) is 4.90 Å². The molecule has 4 rings (SSSR count). The third kappa shape index (κ3) is 6.06. The maximum Gasteiger partial charge on any atom is 0.338 e. The Morgan fingerprint density at radius 1 is 1.00 bits per heavy atom. The van der Waals surface area contributed by atoms with Crippen LogP contribution in [-0.2, 0) is 9.53 Å². The summed E-state index contributed by atoms with van der Waals surface area (Å²) in [4.78, 5) is 27.8. The molecule has 0 spiro atoms. The molecule has 1 aliphatic heterocycles. The van der Waals surface area contributed by atoms with Crippen molar-refractivity contribution in [3.8, 4) is 11.1 Å². The third-order valence-corrected chi connectivity index (χ3v) is 6.65. The van der Waals surface area contributed by atoms with Crippen molar-refractivity contribution in [3.05, 3.63) is 101 Å². The van der Waals surface area contributed by atoms with Gasteiger partial charge in [-0.15, -0.1) is 0 Å². The Balaban J connectivity index is 1.55. The summed E-state index contributed by atoms with van der Waals surface area (Å²) in [7, 11) is 1.82. The van der Waals surface area contributed by atoms with Gasteiger partial charge in [0.15, 0.2) is 5.11 Å². The highest BCUT2D eigenvalue weighted by Gasteiger charge is 2.33. The minimum absolute atomic E-state index is 0.216. The van der Waals surface area contributed by atoms with Crippen molar-refractivity contribution in [2.45, 2.75) is 26.8 Å². The number of hydrogen-bond acceptors (Lipinski definition) is 4. The van der Waals surface area contributed by atoms with E-state index in [-0.39, 0.29) is 17.8 Å². The maximum absolute atomic E-state index is 13.1. The topological polar surface area (TPSA) is 70.7 Å². The number of nitrogens with zero attached hydrogens (tertiary/aromatic N) is 1. The summed E-state index contributed by atoms with van der Waals surface area (Å²) in [6, 6.07) is 24.4. The molecule has 3 aromatic carbocycles. The number of esters is 1. The van der Waals surface area contributed by atoms with Gasteiger partial charge in [-0.2, -0.15) is 0 Å². The highest BCUT2D eigenvalue weighted by Crippen LogP contribution is 2.32. The highest BCUT2D eigenvalue weighted by molar-refractivity contribution is 7.80. The van der Waals surface area contributed by atoms with Crippen molar-refractivity contribution in [1.29, 1.82) is 0 Å². The van der Waals surface area contributed by atoms with Crippen LogP contribution in [0.25, 0.3) is 11.1 Å². The Bertz CT molecular complexity index is 1330. The minimum Gasteiger partial charge on any atom is -0.462 e. The molecule has 7 heteroatoms. The molecule has 37 heavy (non-hydrogen) atoms. The second kappa shape index (κ2) is 11.4. The average Bonchev–Trinajstić information content (AvgIpc) is 2.91. The van der Waals surface area contributed by atoms with Gasteiger partial charge in [-0.25, -0.2) is 4.79 Å². The van der Waals surface area contributed by atoms with Crippen molar-refractivity contribution in [2.75, 3.05) is 19.0 Å². The third-order valence-electron chi connectivity index (χ3n) is 6.25. The molecular weight excluding hydrogens is 482 g/mol. The van der Waals surface area contributed by atoms with Gasteiger partial charge < -0.3 is 20.3 Å². The first-order valence-corrected chi connectivity index (χ1v) is 12.6. The molecule has 0 radical (unpaired) electrons. The monoisotopic (exact) mass is 513 g/mol. The number of carbonyl (C=O) groups excluding carboxylic acids is 2. The fourth-order valence-corrected chi connectivity index (χ4v) is 4.37. The van der Waals surface area contributed by atoms with Crippen LogP contribution < -0.4 is 10.6 Å². The van der Waals surface area contributed by atoms with Gasteiger partial charge >= 0.3 is 5.97 Å². The van der Waals surface area contributed by atoms with Crippen molar-refractivity contribution in [1.82, 2.24) is 10.2 Å². The predicted octanol–water partition coefficient (Wildman–Crippen LogP) is 5.94. The molecule has 190 valence electrons. The molecule has 1 heterocycles. The van der Waals surface area contributed by atoms with Crippen molar-refractivity contribution >= 4 is 34.9 Å². The van der Waals surface area contributed by atoms with Crippen LogP contribution >= 0.6 is 12.2 Å². The van der Waals surface area contributed by atoms with E-state index in [0.29, 0.717) is 28.5 Å². The number of hydrogen-bond donors (Lipinski definition) is 2. The first-order chi connectivity index (χ1) is 17.7. The number of rotatable bonds is 7. The Morgan fingerprint density at radius 2 is 1.68 bits per heavy atom. The van der Waals surface area contributed by atoms with E-state index in [9.17, 15) is 9.59 Å². The summed E-state index contributed by atoms with van der Waals surface area (Å²) in [5.74, 6) is -0.378. The van der Waals surface area contributed by atoms with E-state index >= 15 is 0 Å². The van der Waals surface area contributed by atoms with Crippen LogP contribution in [0.3, 0.4) is 0 Å². The summed E-state index contributed by atoms with van der Waals surface area (Å²) in [5.41, 5.74) is 5.33. The molecule has 0 unspecified atom stereocenters. The van der Waals surface area contributed by atoms with Crippen LogP contribution in [-0.4, -0.2) is 35.5 Å². The molecule has 1 atom stereocenters. The zero-order valence-electron chi connectivity index (χ0n) is 21.4. The predicted molar refractivity (Wildman–Crippen MR) is 151 cm³/mol. The first kappa shape index (κ1) is 26.1. The summed E-state index contributed by atoms with van der Waals surface area (Å²) < 4.78 is 5.57. The number of benzene rings is 3. The number of anilines is 1. The van der Waals surface area contributed by atoms with E-state index in [0.717, 1.165) is 22.4 Å². The van der Waals surface area contributed by atoms with Crippen LogP contribution in [0.15, 0.2) is 90.1 Å². The molecule has 0 fully saturated rings. The van der Waals surface area contributed by atoms with Gasteiger partial charge in [0, 0.05) is 24.0 Å². The Labute approximate surface area is 223 Å². The molecule has 0 bridgehead atoms. The van der Waals surface area contributed by atoms with E-state index in [4.69, 9.17) is 17.0 Å². The van der Waals surface area contributed by atoms with Crippen molar-refractivity contribution in [2.24, 2.45) is 5.92 Å². The Morgan fingerprint density at radius 3 is 2.35 bits per heavy atom. The lowest BCUT2D eigenvalue weighted by Gasteiger charge is -2.35. The van der Waals surface area contributed by atoms with Gasteiger partial charge in [-0.05, 0) is 66.0 Å². The van der Waals surface area contributed by atoms with Crippen LogP contribution in [0, 0.1) is 5.92 Å². The summed E-state index contributed by atoms with van der Waals surface area (Å²) in [6.45, 7) is 6.17. The standard InChI is InChI=1S/C30H31N3O3S/c1-19(2)18-36-29(35)26-20(3)33(4)30(37)32-27(26)24-11-8-12-25(17-24)31-28(34)23-15-13-22(14-16-23)21-9-6-5-7-10-21/h5-17,19,27H,18H2,1-4H3,(H,31,34)(H,32,37)/t27-/m0/s1. The summed E-state index contributed by atoms with van der Waals surface area (Å²) >= 11 is 5.50.